The smallest absolute Gasteiger partial charge is 0.308 e. The van der Waals surface area contributed by atoms with Crippen molar-refractivity contribution >= 4 is 23.5 Å². The maximum atomic E-state index is 11.7. The molecule has 0 rings (SSSR count). The van der Waals surface area contributed by atoms with Gasteiger partial charge in [0.05, 0.1) is 0 Å². The van der Waals surface area contributed by atoms with Crippen molar-refractivity contribution in [2.45, 2.75) is 123 Å². The third-order valence-corrected chi connectivity index (χ3v) is 4.85. The van der Waals surface area contributed by atoms with Crippen molar-refractivity contribution < 1.29 is 38.9 Å². The summed E-state index contributed by atoms with van der Waals surface area (Å²) in [6, 6.07) is 0. The van der Waals surface area contributed by atoms with E-state index in [-0.39, 0.29) is 25.7 Å². The second kappa shape index (κ2) is 18.9. The summed E-state index contributed by atoms with van der Waals surface area (Å²) < 4.78 is 9.49. The number of Topliss-reactive ketones (excluding diaryl/α,β-unsaturated/α-hetero) is 2. The van der Waals surface area contributed by atoms with E-state index in [9.17, 15) is 29.4 Å². The van der Waals surface area contributed by atoms with Crippen molar-refractivity contribution in [2.75, 3.05) is 0 Å². The van der Waals surface area contributed by atoms with Crippen molar-refractivity contribution in [3.63, 3.8) is 0 Å². The van der Waals surface area contributed by atoms with E-state index in [1.54, 1.807) is 0 Å². The van der Waals surface area contributed by atoms with Crippen LogP contribution >= 0.6 is 0 Å². The predicted molar refractivity (Wildman–Crippen MR) is 115 cm³/mol. The molecule has 0 saturated heterocycles. The third-order valence-electron chi connectivity index (χ3n) is 4.85. The van der Waals surface area contributed by atoms with Crippen molar-refractivity contribution in [3.8, 4) is 0 Å². The number of aliphatic hydroxyl groups is 2. The predicted octanol–water partition coefficient (Wildman–Crippen LogP) is 3.74. The number of esters is 2. The van der Waals surface area contributed by atoms with Gasteiger partial charge in [0, 0.05) is 25.7 Å². The summed E-state index contributed by atoms with van der Waals surface area (Å²) in [6.07, 6.45) is 5.73. The quantitative estimate of drug-likeness (QED) is 0.165. The molecule has 0 aromatic carbocycles. The van der Waals surface area contributed by atoms with Crippen molar-refractivity contribution in [3.05, 3.63) is 0 Å². The minimum Gasteiger partial charge on any atom is -0.428 e. The molecule has 0 aromatic rings. The normalized spacial score (nSPS) is 12.8. The highest BCUT2D eigenvalue weighted by molar-refractivity contribution is 5.84. The van der Waals surface area contributed by atoms with Crippen molar-refractivity contribution in [2.24, 2.45) is 0 Å². The van der Waals surface area contributed by atoms with Gasteiger partial charge < -0.3 is 19.7 Å². The molecular formula is C23H40O8. The zero-order valence-corrected chi connectivity index (χ0v) is 19.1. The van der Waals surface area contributed by atoms with E-state index in [0.717, 1.165) is 44.9 Å². The molecule has 0 bridgehead atoms. The molecule has 0 radical (unpaired) electrons. The van der Waals surface area contributed by atoms with Gasteiger partial charge in [-0.15, -0.1) is 0 Å². The molecule has 2 atom stereocenters. The Morgan fingerprint density at radius 1 is 0.548 bits per heavy atom. The van der Waals surface area contributed by atoms with Crippen molar-refractivity contribution in [1.82, 2.24) is 0 Å². The molecule has 0 aliphatic rings. The summed E-state index contributed by atoms with van der Waals surface area (Å²) in [7, 11) is 0. The Balaban J connectivity index is 3.73. The summed E-state index contributed by atoms with van der Waals surface area (Å²) >= 11 is 0. The summed E-state index contributed by atoms with van der Waals surface area (Å²) in [5.74, 6) is -2.14. The number of unbranched alkanes of at least 4 members (excludes halogenated alkanes) is 8. The van der Waals surface area contributed by atoms with Crippen LogP contribution in [0.25, 0.3) is 0 Å². The van der Waals surface area contributed by atoms with E-state index >= 15 is 0 Å². The molecule has 0 saturated carbocycles. The lowest BCUT2D eigenvalue weighted by molar-refractivity contribution is -0.175. The first-order valence-corrected chi connectivity index (χ1v) is 11.6. The van der Waals surface area contributed by atoms with Crippen LogP contribution in [0.4, 0.5) is 0 Å². The molecule has 0 spiro atoms. The van der Waals surface area contributed by atoms with Crippen LogP contribution in [0.3, 0.4) is 0 Å². The summed E-state index contributed by atoms with van der Waals surface area (Å²) in [5, 5.41) is 19.2. The van der Waals surface area contributed by atoms with E-state index in [0.29, 0.717) is 25.7 Å². The molecule has 0 amide bonds. The van der Waals surface area contributed by atoms with Crippen LogP contribution in [-0.4, -0.2) is 46.3 Å². The van der Waals surface area contributed by atoms with Gasteiger partial charge in [0.2, 0.25) is 11.6 Å². The SMILES string of the molecule is CCCCCC(=O)C(O)OC(=O)CCCCCCCC(=O)OC(O)C(=O)CCCCC. The van der Waals surface area contributed by atoms with Gasteiger partial charge in [-0.05, 0) is 25.7 Å². The van der Waals surface area contributed by atoms with Crippen LogP contribution < -0.4 is 0 Å². The zero-order chi connectivity index (χ0) is 23.5. The fraction of sp³-hybridized carbons (Fsp3) is 0.826. The van der Waals surface area contributed by atoms with Crippen LogP contribution in [0, 0.1) is 0 Å². The van der Waals surface area contributed by atoms with Gasteiger partial charge >= 0.3 is 11.9 Å². The van der Waals surface area contributed by atoms with Crippen LogP contribution in [0.1, 0.15) is 110 Å². The molecule has 0 fully saturated rings. The molecular weight excluding hydrogens is 404 g/mol. The second-order valence-electron chi connectivity index (χ2n) is 7.80. The molecule has 31 heavy (non-hydrogen) atoms. The molecule has 8 nitrogen and oxygen atoms in total. The first-order valence-electron chi connectivity index (χ1n) is 11.6. The number of aliphatic hydroxyl groups excluding tert-OH is 2. The van der Waals surface area contributed by atoms with Gasteiger partial charge in [-0.25, -0.2) is 0 Å². The topological polar surface area (TPSA) is 127 Å². The monoisotopic (exact) mass is 444 g/mol. The minimum atomic E-state index is -1.68. The van der Waals surface area contributed by atoms with Crippen LogP contribution in [0.5, 0.6) is 0 Å². The van der Waals surface area contributed by atoms with Gasteiger partial charge in [-0.1, -0.05) is 58.8 Å². The second-order valence-corrected chi connectivity index (χ2v) is 7.80. The van der Waals surface area contributed by atoms with E-state index in [4.69, 9.17) is 9.47 Å². The number of carbonyl (C=O) groups is 4. The van der Waals surface area contributed by atoms with Gasteiger partial charge in [-0.2, -0.15) is 0 Å². The Labute approximate surface area is 185 Å². The lowest BCUT2D eigenvalue weighted by Crippen LogP contribution is -2.26. The molecule has 0 heterocycles. The Bertz CT molecular complexity index is 486. The highest BCUT2D eigenvalue weighted by Gasteiger charge is 2.20. The molecule has 8 heteroatoms. The fourth-order valence-corrected chi connectivity index (χ4v) is 2.91. The fourth-order valence-electron chi connectivity index (χ4n) is 2.91. The zero-order valence-electron chi connectivity index (χ0n) is 19.1. The Morgan fingerprint density at radius 2 is 0.871 bits per heavy atom. The number of hydrogen-bond acceptors (Lipinski definition) is 8. The lowest BCUT2D eigenvalue weighted by Gasteiger charge is -2.11. The summed E-state index contributed by atoms with van der Waals surface area (Å²) in [5.41, 5.74) is 0. The van der Waals surface area contributed by atoms with Gasteiger partial charge in [0.15, 0.2) is 0 Å². The van der Waals surface area contributed by atoms with Crippen LogP contribution in [0.15, 0.2) is 0 Å². The van der Waals surface area contributed by atoms with Crippen LogP contribution in [-0.2, 0) is 28.7 Å². The molecule has 2 N–H and O–H groups in total. The lowest BCUT2D eigenvalue weighted by atomic mass is 10.1. The number of ether oxygens (including phenoxy) is 2. The largest absolute Gasteiger partial charge is 0.428 e. The number of ketones is 2. The molecule has 0 aliphatic heterocycles. The first-order chi connectivity index (χ1) is 14.8. The Morgan fingerprint density at radius 3 is 1.23 bits per heavy atom. The molecule has 2 unspecified atom stereocenters. The van der Waals surface area contributed by atoms with Gasteiger partial charge in [0.25, 0.3) is 12.6 Å². The van der Waals surface area contributed by atoms with Crippen LogP contribution in [0.2, 0.25) is 0 Å². The maximum absolute atomic E-state index is 11.7. The van der Waals surface area contributed by atoms with E-state index < -0.39 is 36.1 Å². The third kappa shape index (κ3) is 16.6. The highest BCUT2D eigenvalue weighted by atomic mass is 16.6. The van der Waals surface area contributed by atoms with Gasteiger partial charge in [0.1, 0.15) is 0 Å². The molecule has 0 aromatic heterocycles. The highest BCUT2D eigenvalue weighted by Crippen LogP contribution is 2.11. The number of rotatable bonds is 20. The first kappa shape index (κ1) is 29.2. The summed E-state index contributed by atoms with van der Waals surface area (Å²) in [6.45, 7) is 4.02. The average molecular weight is 445 g/mol. The molecule has 0 aliphatic carbocycles. The summed E-state index contributed by atoms with van der Waals surface area (Å²) in [4.78, 5) is 46.6. The number of hydrogen-bond donors (Lipinski definition) is 2. The van der Waals surface area contributed by atoms with Gasteiger partial charge in [-0.3, -0.25) is 19.2 Å². The van der Waals surface area contributed by atoms with Crippen molar-refractivity contribution in [1.29, 1.82) is 0 Å². The Hall–Kier alpha value is -1.80. The minimum absolute atomic E-state index is 0.119. The average Bonchev–Trinajstić information content (AvgIpc) is 2.73. The Kier molecular flexibility index (Phi) is 17.8. The van der Waals surface area contributed by atoms with E-state index in [1.807, 2.05) is 13.8 Å². The van der Waals surface area contributed by atoms with E-state index in [1.165, 1.54) is 0 Å². The maximum Gasteiger partial charge on any atom is 0.308 e. The molecule has 180 valence electrons. The van der Waals surface area contributed by atoms with E-state index in [2.05, 4.69) is 0 Å². The standard InChI is InChI=1S/C23H40O8/c1-3-5-10-14-18(24)22(28)30-20(26)16-12-8-7-9-13-17-21(27)31-23(29)19(25)15-11-6-4-2/h22-23,28-29H,3-17H2,1-2H3. The number of carbonyl (C=O) groups excluding carboxylic acids is 4.